The largest absolute Gasteiger partial charge is 0.329 e. The number of nitrogens with two attached hydrogens (primary N) is 1. The fourth-order valence-corrected chi connectivity index (χ4v) is 4.49. The summed E-state index contributed by atoms with van der Waals surface area (Å²) in [6.45, 7) is 2.18. The van der Waals surface area contributed by atoms with E-state index in [0.29, 0.717) is 17.4 Å². The monoisotopic (exact) mass is 382 g/mol. The summed E-state index contributed by atoms with van der Waals surface area (Å²) in [5.74, 6) is 0.414. The maximum atomic E-state index is 12.7. The van der Waals surface area contributed by atoms with Crippen molar-refractivity contribution in [3.63, 3.8) is 0 Å². The van der Waals surface area contributed by atoms with E-state index in [4.69, 9.17) is 5.73 Å². The van der Waals surface area contributed by atoms with Crippen molar-refractivity contribution in [2.45, 2.75) is 30.7 Å². The quantitative estimate of drug-likeness (QED) is 0.850. The molecule has 0 spiro atoms. The van der Waals surface area contributed by atoms with Gasteiger partial charge in [-0.05, 0) is 43.4 Å². The molecular weight excluding hydrogens is 364 g/mol. The molecule has 4 nitrogen and oxygen atoms in total. The van der Waals surface area contributed by atoms with Gasteiger partial charge in [-0.3, -0.25) is 0 Å². The van der Waals surface area contributed by atoms with E-state index in [1.165, 1.54) is 4.31 Å². The molecule has 0 bridgehead atoms. The molecule has 1 aliphatic carbocycles. The Labute approximate surface area is 135 Å². The predicted molar refractivity (Wildman–Crippen MR) is 86.6 cm³/mol. The van der Waals surface area contributed by atoms with E-state index in [9.17, 15) is 8.42 Å². The predicted octanol–water partition coefficient (Wildman–Crippen LogP) is 2.54. The number of aryl methyl sites for hydroxylation is 1. The fourth-order valence-electron chi connectivity index (χ4n) is 2.30. The Morgan fingerprint density at radius 1 is 1.45 bits per heavy atom. The van der Waals surface area contributed by atoms with E-state index >= 15 is 0 Å². The molecular formula is C13H20BrClN2O2S. The summed E-state index contributed by atoms with van der Waals surface area (Å²) < 4.78 is 27.6. The highest BCUT2D eigenvalue weighted by Gasteiger charge is 2.38. The van der Waals surface area contributed by atoms with Gasteiger partial charge in [0.2, 0.25) is 10.0 Å². The van der Waals surface area contributed by atoms with Crippen LogP contribution in [0, 0.1) is 12.8 Å². The van der Waals surface area contributed by atoms with Crippen LogP contribution in [0.25, 0.3) is 0 Å². The van der Waals surface area contributed by atoms with Crippen LogP contribution in [0.3, 0.4) is 0 Å². The van der Waals surface area contributed by atoms with E-state index in [1.807, 2.05) is 13.0 Å². The van der Waals surface area contributed by atoms with E-state index in [1.54, 1.807) is 19.2 Å². The third-order valence-electron chi connectivity index (χ3n) is 3.68. The van der Waals surface area contributed by atoms with E-state index in [-0.39, 0.29) is 18.4 Å². The second-order valence-electron chi connectivity index (χ2n) is 5.07. The molecule has 1 saturated carbocycles. The third-order valence-corrected chi connectivity index (χ3v) is 6.20. The smallest absolute Gasteiger partial charge is 0.243 e. The molecule has 1 atom stereocenters. The molecule has 0 saturated heterocycles. The first-order chi connectivity index (χ1) is 8.87. The Bertz CT molecular complexity index is 576. The van der Waals surface area contributed by atoms with E-state index < -0.39 is 10.0 Å². The molecule has 2 N–H and O–H groups in total. The minimum absolute atomic E-state index is 0. The molecule has 1 aromatic rings. The molecule has 0 amide bonds. The van der Waals surface area contributed by atoms with Crippen molar-refractivity contribution in [1.29, 1.82) is 0 Å². The number of hydrogen-bond donors (Lipinski definition) is 1. The Kier molecular flexibility index (Phi) is 6.04. The lowest BCUT2D eigenvalue weighted by Gasteiger charge is -2.27. The number of nitrogens with zero attached hydrogens (tertiary/aromatic N) is 1. The van der Waals surface area contributed by atoms with Crippen molar-refractivity contribution < 1.29 is 8.42 Å². The van der Waals surface area contributed by atoms with Crippen molar-refractivity contribution in [2.24, 2.45) is 11.7 Å². The Hall–Kier alpha value is -0.140. The number of likely N-dealkylation sites (N-methyl/N-ethyl adjacent to an activating group) is 1. The second kappa shape index (κ2) is 6.75. The molecule has 114 valence electrons. The highest BCUT2D eigenvalue weighted by molar-refractivity contribution is 9.10. The first-order valence-corrected chi connectivity index (χ1v) is 8.55. The van der Waals surface area contributed by atoms with Crippen LogP contribution in [0.4, 0.5) is 0 Å². The van der Waals surface area contributed by atoms with Crippen molar-refractivity contribution in [1.82, 2.24) is 4.31 Å². The van der Waals surface area contributed by atoms with E-state index in [0.717, 1.165) is 22.9 Å². The summed E-state index contributed by atoms with van der Waals surface area (Å²) in [6.07, 6.45) is 2.14. The van der Waals surface area contributed by atoms with Crippen LogP contribution in [0.5, 0.6) is 0 Å². The van der Waals surface area contributed by atoms with Gasteiger partial charge in [0.1, 0.15) is 0 Å². The molecule has 0 aromatic heterocycles. The van der Waals surface area contributed by atoms with Crippen molar-refractivity contribution in [2.75, 3.05) is 13.6 Å². The first-order valence-electron chi connectivity index (χ1n) is 6.32. The molecule has 1 aromatic carbocycles. The zero-order valence-corrected chi connectivity index (χ0v) is 14.8. The van der Waals surface area contributed by atoms with Gasteiger partial charge in [0.05, 0.1) is 4.90 Å². The van der Waals surface area contributed by atoms with Crippen LogP contribution in [0.1, 0.15) is 18.4 Å². The molecule has 0 aliphatic heterocycles. The molecule has 2 rings (SSSR count). The zero-order valence-electron chi connectivity index (χ0n) is 11.5. The maximum absolute atomic E-state index is 12.7. The van der Waals surface area contributed by atoms with Crippen LogP contribution >= 0.6 is 28.3 Å². The molecule has 20 heavy (non-hydrogen) atoms. The molecule has 1 aliphatic rings. The summed E-state index contributed by atoms with van der Waals surface area (Å²) in [5.41, 5.74) is 6.49. The van der Waals surface area contributed by atoms with Gasteiger partial charge in [0.25, 0.3) is 0 Å². The van der Waals surface area contributed by atoms with Crippen LogP contribution in [0.15, 0.2) is 27.6 Å². The van der Waals surface area contributed by atoms with Crippen LogP contribution in [-0.4, -0.2) is 32.4 Å². The Morgan fingerprint density at radius 3 is 2.55 bits per heavy atom. The van der Waals surface area contributed by atoms with Crippen LogP contribution < -0.4 is 5.73 Å². The lowest BCUT2D eigenvalue weighted by molar-refractivity contribution is 0.340. The van der Waals surface area contributed by atoms with Gasteiger partial charge in [-0.25, -0.2) is 8.42 Å². The maximum Gasteiger partial charge on any atom is 0.243 e. The normalized spacial score (nSPS) is 16.9. The topological polar surface area (TPSA) is 63.4 Å². The van der Waals surface area contributed by atoms with Gasteiger partial charge in [-0.15, -0.1) is 12.4 Å². The van der Waals surface area contributed by atoms with Crippen molar-refractivity contribution in [3.8, 4) is 0 Å². The minimum Gasteiger partial charge on any atom is -0.329 e. The van der Waals surface area contributed by atoms with Gasteiger partial charge in [-0.1, -0.05) is 22.0 Å². The SMILES string of the molecule is Cc1ccc(Br)cc1S(=O)(=O)N(C)C(CN)C1CC1.Cl. The minimum atomic E-state index is -3.49. The number of sulfonamides is 1. The summed E-state index contributed by atoms with van der Waals surface area (Å²) >= 11 is 3.33. The fraction of sp³-hybridized carbons (Fsp3) is 0.538. The first kappa shape index (κ1) is 17.9. The number of benzene rings is 1. The standard InChI is InChI=1S/C13H19BrN2O2S.ClH/c1-9-3-6-11(14)7-13(9)19(17,18)16(2)12(8-15)10-4-5-10;/h3,6-7,10,12H,4-5,8,15H2,1-2H3;1H. The summed E-state index contributed by atoms with van der Waals surface area (Å²) in [5, 5.41) is 0. The number of hydrogen-bond acceptors (Lipinski definition) is 3. The molecule has 7 heteroatoms. The average molecular weight is 384 g/mol. The Balaban J connectivity index is 0.00000200. The van der Waals surface area contributed by atoms with Crippen molar-refractivity contribution in [3.05, 3.63) is 28.2 Å². The molecule has 1 unspecified atom stereocenters. The molecule has 0 heterocycles. The highest BCUT2D eigenvalue weighted by atomic mass is 79.9. The molecule has 1 fully saturated rings. The zero-order chi connectivity index (χ0) is 14.2. The lowest BCUT2D eigenvalue weighted by atomic mass is 10.2. The van der Waals surface area contributed by atoms with E-state index in [2.05, 4.69) is 15.9 Å². The Morgan fingerprint density at radius 2 is 2.05 bits per heavy atom. The number of halogens is 2. The summed E-state index contributed by atoms with van der Waals surface area (Å²) in [4.78, 5) is 0.350. The average Bonchev–Trinajstić information content (AvgIpc) is 3.17. The second-order valence-corrected chi connectivity index (χ2v) is 7.95. The third kappa shape index (κ3) is 3.54. The lowest BCUT2D eigenvalue weighted by Crippen LogP contribution is -2.43. The van der Waals surface area contributed by atoms with Crippen molar-refractivity contribution >= 4 is 38.4 Å². The van der Waals surface area contributed by atoms with Gasteiger partial charge in [0, 0.05) is 24.1 Å². The van der Waals surface area contributed by atoms with Gasteiger partial charge >= 0.3 is 0 Å². The van der Waals surface area contributed by atoms with Gasteiger partial charge in [-0.2, -0.15) is 4.31 Å². The highest BCUT2D eigenvalue weighted by Crippen LogP contribution is 2.36. The van der Waals surface area contributed by atoms with Gasteiger partial charge in [0.15, 0.2) is 0 Å². The van der Waals surface area contributed by atoms with Crippen LogP contribution in [-0.2, 0) is 10.0 Å². The summed E-state index contributed by atoms with van der Waals surface area (Å²) in [7, 11) is -1.85. The van der Waals surface area contributed by atoms with Gasteiger partial charge < -0.3 is 5.73 Å². The van der Waals surface area contributed by atoms with Crippen LogP contribution in [0.2, 0.25) is 0 Å². The number of rotatable bonds is 5. The summed E-state index contributed by atoms with van der Waals surface area (Å²) in [6, 6.07) is 5.21. The molecule has 0 radical (unpaired) electrons.